The van der Waals surface area contributed by atoms with Gasteiger partial charge in [-0.05, 0) is 19.1 Å². The Morgan fingerprint density at radius 2 is 2.12 bits per heavy atom. The molecular weight excluding hydrogens is 226 g/mol. The van der Waals surface area contributed by atoms with Crippen LogP contribution in [0.2, 0.25) is 5.02 Å². The lowest BCUT2D eigenvalue weighted by atomic mass is 9.97. The minimum atomic E-state index is -0.510. The van der Waals surface area contributed by atoms with Gasteiger partial charge >= 0.3 is 0 Å². The summed E-state index contributed by atoms with van der Waals surface area (Å²) in [4.78, 5) is 2.15. The average molecular weight is 242 g/mol. The second-order valence-electron chi connectivity index (χ2n) is 4.49. The highest BCUT2D eigenvalue weighted by molar-refractivity contribution is 6.32. The van der Waals surface area contributed by atoms with Gasteiger partial charge in [-0.1, -0.05) is 23.7 Å². The molecule has 3 nitrogen and oxygen atoms in total. The number of ether oxygens (including phenoxy) is 1. The molecule has 0 amide bonds. The number of likely N-dealkylation sites (tertiary alicyclic amines) is 1. The molecule has 1 aromatic rings. The maximum absolute atomic E-state index is 9.54. The average Bonchev–Trinajstić information content (AvgIpc) is 2.18. The van der Waals surface area contributed by atoms with Crippen molar-refractivity contribution in [2.24, 2.45) is 0 Å². The number of para-hydroxylation sites is 1. The summed E-state index contributed by atoms with van der Waals surface area (Å²) >= 11 is 5.95. The van der Waals surface area contributed by atoms with Crippen molar-refractivity contribution in [1.29, 1.82) is 0 Å². The van der Waals surface area contributed by atoms with Gasteiger partial charge in [0.25, 0.3) is 0 Å². The summed E-state index contributed by atoms with van der Waals surface area (Å²) < 4.78 is 5.56. The van der Waals surface area contributed by atoms with E-state index >= 15 is 0 Å². The van der Waals surface area contributed by atoms with Crippen LogP contribution in [0.25, 0.3) is 0 Å². The lowest BCUT2D eigenvalue weighted by Gasteiger charge is -2.44. The van der Waals surface area contributed by atoms with Crippen molar-refractivity contribution in [2.75, 3.05) is 26.2 Å². The molecule has 0 aromatic heterocycles. The number of hydrogen-bond acceptors (Lipinski definition) is 3. The van der Waals surface area contributed by atoms with Gasteiger partial charge in [-0.25, -0.2) is 0 Å². The van der Waals surface area contributed by atoms with E-state index in [1.165, 1.54) is 0 Å². The molecule has 0 atom stereocenters. The summed E-state index contributed by atoms with van der Waals surface area (Å²) in [5, 5.41) is 10.2. The standard InChI is InChI=1S/C12H16ClNO2/c1-12(15)8-14(9-12)6-7-16-11-5-3-2-4-10(11)13/h2-5,15H,6-9H2,1H3. The fourth-order valence-corrected chi connectivity index (χ4v) is 2.11. The summed E-state index contributed by atoms with van der Waals surface area (Å²) in [5.74, 6) is 0.719. The quantitative estimate of drug-likeness (QED) is 0.873. The number of benzene rings is 1. The largest absolute Gasteiger partial charge is 0.491 e. The highest BCUT2D eigenvalue weighted by Crippen LogP contribution is 2.23. The molecule has 1 fully saturated rings. The maximum atomic E-state index is 9.54. The second kappa shape index (κ2) is 4.62. The van der Waals surface area contributed by atoms with E-state index in [2.05, 4.69) is 4.90 Å². The summed E-state index contributed by atoms with van der Waals surface area (Å²) in [6.07, 6.45) is 0. The predicted molar refractivity (Wildman–Crippen MR) is 64.0 cm³/mol. The van der Waals surface area contributed by atoms with Gasteiger partial charge < -0.3 is 9.84 Å². The van der Waals surface area contributed by atoms with Gasteiger partial charge in [0, 0.05) is 19.6 Å². The van der Waals surface area contributed by atoms with E-state index in [-0.39, 0.29) is 0 Å². The van der Waals surface area contributed by atoms with E-state index in [0.717, 1.165) is 25.4 Å². The van der Waals surface area contributed by atoms with Gasteiger partial charge in [-0.2, -0.15) is 0 Å². The molecule has 1 aliphatic rings. The highest BCUT2D eigenvalue weighted by atomic mass is 35.5. The lowest BCUT2D eigenvalue weighted by Crippen LogP contribution is -2.60. The van der Waals surface area contributed by atoms with Crippen molar-refractivity contribution in [3.8, 4) is 5.75 Å². The van der Waals surface area contributed by atoms with E-state index in [1.807, 2.05) is 31.2 Å². The zero-order valence-electron chi connectivity index (χ0n) is 9.32. The number of aliphatic hydroxyl groups is 1. The Bertz CT molecular complexity index is 360. The third kappa shape index (κ3) is 2.88. The van der Waals surface area contributed by atoms with Gasteiger partial charge in [0.1, 0.15) is 12.4 Å². The van der Waals surface area contributed by atoms with Crippen molar-refractivity contribution in [3.05, 3.63) is 29.3 Å². The summed E-state index contributed by atoms with van der Waals surface area (Å²) in [5.41, 5.74) is -0.510. The van der Waals surface area contributed by atoms with Gasteiger partial charge in [-0.3, -0.25) is 4.90 Å². The number of rotatable bonds is 4. The van der Waals surface area contributed by atoms with Crippen LogP contribution in [0, 0.1) is 0 Å². The van der Waals surface area contributed by atoms with Crippen LogP contribution in [-0.2, 0) is 0 Å². The first-order valence-electron chi connectivity index (χ1n) is 5.39. The van der Waals surface area contributed by atoms with Crippen LogP contribution in [0.5, 0.6) is 5.75 Å². The molecule has 0 saturated carbocycles. The van der Waals surface area contributed by atoms with Crippen molar-refractivity contribution in [2.45, 2.75) is 12.5 Å². The van der Waals surface area contributed by atoms with E-state index in [9.17, 15) is 5.11 Å². The minimum Gasteiger partial charge on any atom is -0.491 e. The predicted octanol–water partition coefficient (Wildman–Crippen LogP) is 1.79. The molecule has 16 heavy (non-hydrogen) atoms. The molecule has 0 spiro atoms. The van der Waals surface area contributed by atoms with Crippen molar-refractivity contribution in [3.63, 3.8) is 0 Å². The molecule has 1 aliphatic heterocycles. The SMILES string of the molecule is CC1(O)CN(CCOc2ccccc2Cl)C1. The van der Waals surface area contributed by atoms with Crippen LogP contribution < -0.4 is 4.74 Å². The van der Waals surface area contributed by atoms with Gasteiger partial charge in [0.05, 0.1) is 10.6 Å². The maximum Gasteiger partial charge on any atom is 0.137 e. The van der Waals surface area contributed by atoms with Crippen molar-refractivity contribution >= 4 is 11.6 Å². The highest BCUT2D eigenvalue weighted by Gasteiger charge is 2.35. The number of nitrogens with zero attached hydrogens (tertiary/aromatic N) is 1. The fraction of sp³-hybridized carbons (Fsp3) is 0.500. The van der Waals surface area contributed by atoms with Crippen molar-refractivity contribution < 1.29 is 9.84 Å². The Balaban J connectivity index is 1.71. The van der Waals surface area contributed by atoms with Crippen molar-refractivity contribution in [1.82, 2.24) is 4.90 Å². The number of hydrogen-bond donors (Lipinski definition) is 1. The smallest absolute Gasteiger partial charge is 0.137 e. The Morgan fingerprint density at radius 3 is 2.75 bits per heavy atom. The van der Waals surface area contributed by atoms with Gasteiger partial charge in [0.15, 0.2) is 0 Å². The van der Waals surface area contributed by atoms with E-state index < -0.39 is 5.60 Å². The summed E-state index contributed by atoms with van der Waals surface area (Å²) in [7, 11) is 0. The molecule has 0 unspecified atom stereocenters. The van der Waals surface area contributed by atoms with Crippen LogP contribution in [0.1, 0.15) is 6.92 Å². The van der Waals surface area contributed by atoms with Gasteiger partial charge in [0.2, 0.25) is 0 Å². The van der Waals surface area contributed by atoms with E-state index in [4.69, 9.17) is 16.3 Å². The zero-order valence-corrected chi connectivity index (χ0v) is 10.1. The molecule has 88 valence electrons. The molecule has 0 bridgehead atoms. The molecule has 0 aliphatic carbocycles. The fourth-order valence-electron chi connectivity index (χ4n) is 1.92. The lowest BCUT2D eigenvalue weighted by molar-refractivity contribution is -0.0859. The first-order chi connectivity index (χ1) is 7.57. The van der Waals surface area contributed by atoms with Crippen LogP contribution >= 0.6 is 11.6 Å². The number of β-amino-alcohol motifs (C(OH)–C–C–N with tert-alkyl or cyclic N) is 1. The van der Waals surface area contributed by atoms with E-state index in [0.29, 0.717) is 11.6 Å². The molecule has 1 heterocycles. The molecular formula is C12H16ClNO2. The van der Waals surface area contributed by atoms with E-state index in [1.54, 1.807) is 0 Å². The third-order valence-electron chi connectivity index (χ3n) is 2.63. The van der Waals surface area contributed by atoms with Crippen LogP contribution in [0.3, 0.4) is 0 Å². The minimum absolute atomic E-state index is 0.510. The molecule has 2 rings (SSSR count). The Kier molecular flexibility index (Phi) is 3.38. The molecule has 1 aromatic carbocycles. The third-order valence-corrected chi connectivity index (χ3v) is 2.94. The Morgan fingerprint density at radius 1 is 1.44 bits per heavy atom. The normalized spacial score (nSPS) is 19.2. The Labute approximate surface area is 101 Å². The number of halogens is 1. The topological polar surface area (TPSA) is 32.7 Å². The molecule has 1 saturated heterocycles. The monoisotopic (exact) mass is 241 g/mol. The second-order valence-corrected chi connectivity index (χ2v) is 4.89. The Hall–Kier alpha value is -0.770. The van der Waals surface area contributed by atoms with Crippen LogP contribution in [0.4, 0.5) is 0 Å². The first kappa shape index (κ1) is 11.7. The van der Waals surface area contributed by atoms with Gasteiger partial charge in [-0.15, -0.1) is 0 Å². The molecule has 0 radical (unpaired) electrons. The van der Waals surface area contributed by atoms with Crippen LogP contribution in [-0.4, -0.2) is 41.8 Å². The van der Waals surface area contributed by atoms with Crippen LogP contribution in [0.15, 0.2) is 24.3 Å². The summed E-state index contributed by atoms with van der Waals surface area (Å²) in [6.45, 7) is 4.71. The first-order valence-corrected chi connectivity index (χ1v) is 5.77. The molecule has 4 heteroatoms. The zero-order chi connectivity index (χ0) is 11.6. The summed E-state index contributed by atoms with van der Waals surface area (Å²) in [6, 6.07) is 7.44. The molecule has 1 N–H and O–H groups in total.